The van der Waals surface area contributed by atoms with Crippen molar-refractivity contribution in [1.29, 1.82) is 0 Å². The molecule has 3 rings (SSSR count). The quantitative estimate of drug-likeness (QED) is 0.682. The maximum absolute atomic E-state index is 13.2. The summed E-state index contributed by atoms with van der Waals surface area (Å²) < 4.78 is 28.2. The third-order valence-corrected chi connectivity index (χ3v) is 3.10. The molecule has 3 nitrogen and oxygen atoms in total. The van der Waals surface area contributed by atoms with Crippen LogP contribution < -0.4 is 5.73 Å². The third kappa shape index (κ3) is 1.83. The molecule has 96 valence electrons. The fourth-order valence-corrected chi connectivity index (χ4v) is 2.10. The Morgan fingerprint density at radius 2 is 1.89 bits per heavy atom. The van der Waals surface area contributed by atoms with Crippen molar-refractivity contribution >= 4 is 16.7 Å². The van der Waals surface area contributed by atoms with E-state index in [4.69, 9.17) is 5.73 Å². The molecule has 3 aromatic rings. The third-order valence-electron chi connectivity index (χ3n) is 3.10. The molecular weight excluding hydrogens is 248 g/mol. The van der Waals surface area contributed by atoms with Crippen molar-refractivity contribution in [2.24, 2.45) is 7.05 Å². The zero-order valence-corrected chi connectivity index (χ0v) is 10.2. The van der Waals surface area contributed by atoms with E-state index in [-0.39, 0.29) is 11.5 Å². The Morgan fingerprint density at radius 3 is 2.63 bits per heavy atom. The van der Waals surface area contributed by atoms with E-state index >= 15 is 0 Å². The topological polar surface area (TPSA) is 43.8 Å². The summed E-state index contributed by atoms with van der Waals surface area (Å²) in [6, 6.07) is 8.80. The molecule has 0 unspecified atom stereocenters. The van der Waals surface area contributed by atoms with Gasteiger partial charge in [-0.25, -0.2) is 13.8 Å². The van der Waals surface area contributed by atoms with E-state index in [1.54, 1.807) is 23.7 Å². The largest absolute Gasteiger partial charge is 0.396 e. The Morgan fingerprint density at radius 1 is 1.11 bits per heavy atom. The van der Waals surface area contributed by atoms with Gasteiger partial charge in [-0.1, -0.05) is 0 Å². The first kappa shape index (κ1) is 11.6. The first-order valence-corrected chi connectivity index (χ1v) is 5.73. The summed E-state index contributed by atoms with van der Waals surface area (Å²) in [5, 5.41) is 0. The molecule has 0 saturated carbocycles. The number of nitrogens with zero attached hydrogens (tertiary/aromatic N) is 2. The fourth-order valence-electron chi connectivity index (χ4n) is 2.10. The van der Waals surface area contributed by atoms with Gasteiger partial charge in [0, 0.05) is 12.6 Å². The first-order valence-electron chi connectivity index (χ1n) is 5.73. The molecule has 0 radical (unpaired) electrons. The van der Waals surface area contributed by atoms with Gasteiger partial charge >= 0.3 is 0 Å². The number of nitrogens with two attached hydrogens (primary N) is 1. The number of nitrogen functional groups attached to an aromatic ring is 1. The van der Waals surface area contributed by atoms with Gasteiger partial charge in [0.2, 0.25) is 0 Å². The smallest absolute Gasteiger partial charge is 0.146 e. The molecule has 0 aliphatic heterocycles. The minimum absolute atomic E-state index is 0.0655. The Balaban J connectivity index is 2.24. The molecule has 0 bridgehead atoms. The number of rotatable bonds is 1. The van der Waals surface area contributed by atoms with E-state index < -0.39 is 5.82 Å². The molecule has 19 heavy (non-hydrogen) atoms. The number of aromatic nitrogens is 2. The minimum Gasteiger partial charge on any atom is -0.396 e. The molecule has 0 atom stereocenters. The lowest BCUT2D eigenvalue weighted by molar-refractivity contribution is 0.629. The summed E-state index contributed by atoms with van der Waals surface area (Å²) in [7, 11) is 1.78. The Hall–Kier alpha value is -2.43. The molecule has 2 N–H and O–H groups in total. The number of imidazole rings is 1. The molecule has 5 heteroatoms. The highest BCUT2D eigenvalue weighted by atomic mass is 19.1. The molecule has 0 fully saturated rings. The highest BCUT2D eigenvalue weighted by molar-refractivity contribution is 5.81. The molecule has 1 heterocycles. The lowest BCUT2D eigenvalue weighted by Gasteiger charge is -2.04. The van der Waals surface area contributed by atoms with Crippen molar-refractivity contribution in [3.05, 3.63) is 48.0 Å². The highest BCUT2D eigenvalue weighted by Gasteiger charge is 2.11. The van der Waals surface area contributed by atoms with Crippen LogP contribution in [0.15, 0.2) is 36.4 Å². The average molecular weight is 259 g/mol. The van der Waals surface area contributed by atoms with Crippen LogP contribution in [0.3, 0.4) is 0 Å². The van der Waals surface area contributed by atoms with Crippen LogP contribution in [0.4, 0.5) is 14.5 Å². The number of halogens is 2. The average Bonchev–Trinajstić information content (AvgIpc) is 2.70. The molecule has 0 spiro atoms. The van der Waals surface area contributed by atoms with Crippen molar-refractivity contribution in [3.63, 3.8) is 0 Å². The minimum atomic E-state index is -0.464. The summed E-state index contributed by atoms with van der Waals surface area (Å²) in [6.07, 6.45) is 0. The number of benzene rings is 2. The lowest BCUT2D eigenvalue weighted by Crippen LogP contribution is -1.95. The van der Waals surface area contributed by atoms with Crippen LogP contribution in [0, 0.1) is 11.6 Å². The number of anilines is 1. The molecule has 0 saturated heterocycles. The zero-order chi connectivity index (χ0) is 13.6. The zero-order valence-electron chi connectivity index (χ0n) is 10.2. The number of hydrogen-bond donors (Lipinski definition) is 1. The van der Waals surface area contributed by atoms with Crippen molar-refractivity contribution in [2.75, 3.05) is 5.73 Å². The van der Waals surface area contributed by atoms with Crippen molar-refractivity contribution in [3.8, 4) is 11.4 Å². The van der Waals surface area contributed by atoms with Crippen LogP contribution in [0.1, 0.15) is 0 Å². The summed E-state index contributed by atoms with van der Waals surface area (Å²) in [4.78, 5) is 4.41. The number of fused-ring (bicyclic) bond motifs is 1. The van der Waals surface area contributed by atoms with Crippen molar-refractivity contribution in [2.45, 2.75) is 0 Å². The predicted octanol–water partition coefficient (Wildman–Crippen LogP) is 3.10. The number of aryl methyl sites for hydroxylation is 1. The van der Waals surface area contributed by atoms with Gasteiger partial charge in [-0.05, 0) is 36.4 Å². The summed E-state index contributed by atoms with van der Waals surface area (Å²) in [5.74, 6) is -0.165. The van der Waals surface area contributed by atoms with Gasteiger partial charge in [0.25, 0.3) is 0 Å². The SMILES string of the molecule is Cn1c(-c2ccc(F)c(N)c2)nc2ccc(F)cc21. The van der Waals surface area contributed by atoms with Gasteiger partial charge in [0.15, 0.2) is 0 Å². The monoisotopic (exact) mass is 259 g/mol. The van der Waals surface area contributed by atoms with Crippen LogP contribution in [0.2, 0.25) is 0 Å². The van der Waals surface area contributed by atoms with Crippen LogP contribution in [-0.2, 0) is 7.05 Å². The van der Waals surface area contributed by atoms with Crippen LogP contribution >= 0.6 is 0 Å². The molecule has 2 aromatic carbocycles. The second-order valence-corrected chi connectivity index (χ2v) is 4.36. The highest BCUT2D eigenvalue weighted by Crippen LogP contribution is 2.26. The summed E-state index contributed by atoms with van der Waals surface area (Å²) in [5.41, 5.74) is 7.67. The molecule has 1 aromatic heterocycles. The number of hydrogen-bond acceptors (Lipinski definition) is 2. The fraction of sp³-hybridized carbons (Fsp3) is 0.0714. The lowest BCUT2D eigenvalue weighted by atomic mass is 10.2. The van der Waals surface area contributed by atoms with Crippen LogP contribution in [-0.4, -0.2) is 9.55 Å². The van der Waals surface area contributed by atoms with E-state index in [1.807, 2.05) is 0 Å². The van der Waals surface area contributed by atoms with Crippen LogP contribution in [0.5, 0.6) is 0 Å². The van der Waals surface area contributed by atoms with E-state index in [9.17, 15) is 8.78 Å². The van der Waals surface area contributed by atoms with E-state index in [0.717, 1.165) is 0 Å². The molecule has 0 aliphatic rings. The second kappa shape index (κ2) is 4.05. The van der Waals surface area contributed by atoms with Gasteiger partial charge < -0.3 is 10.3 Å². The van der Waals surface area contributed by atoms with Gasteiger partial charge in [0.1, 0.15) is 17.5 Å². The maximum Gasteiger partial charge on any atom is 0.146 e. The maximum atomic E-state index is 13.2. The summed E-state index contributed by atoms with van der Waals surface area (Å²) >= 11 is 0. The van der Waals surface area contributed by atoms with E-state index in [1.165, 1.54) is 24.3 Å². The van der Waals surface area contributed by atoms with E-state index in [0.29, 0.717) is 22.4 Å². The first-order chi connectivity index (χ1) is 9.06. The van der Waals surface area contributed by atoms with Gasteiger partial charge in [-0.3, -0.25) is 0 Å². The summed E-state index contributed by atoms with van der Waals surface area (Å²) in [6.45, 7) is 0. The Bertz CT molecular complexity index is 778. The van der Waals surface area contributed by atoms with Crippen molar-refractivity contribution in [1.82, 2.24) is 9.55 Å². The molecular formula is C14H11F2N3. The van der Waals surface area contributed by atoms with Gasteiger partial charge in [0.05, 0.1) is 16.7 Å². The van der Waals surface area contributed by atoms with E-state index in [2.05, 4.69) is 4.98 Å². The molecule has 0 amide bonds. The Labute approximate surface area is 108 Å². The second-order valence-electron chi connectivity index (χ2n) is 4.36. The standard InChI is InChI=1S/C14H11F2N3/c1-19-13-7-9(15)3-5-12(13)18-14(19)8-2-4-10(16)11(17)6-8/h2-7H,17H2,1H3. The van der Waals surface area contributed by atoms with Gasteiger partial charge in [-0.15, -0.1) is 0 Å². The van der Waals surface area contributed by atoms with Crippen molar-refractivity contribution < 1.29 is 8.78 Å². The van der Waals surface area contributed by atoms with Crippen LogP contribution in [0.25, 0.3) is 22.4 Å². The Kier molecular flexibility index (Phi) is 2.48. The molecule has 0 aliphatic carbocycles. The van der Waals surface area contributed by atoms with Gasteiger partial charge in [-0.2, -0.15) is 0 Å². The normalized spacial score (nSPS) is 11.1. The predicted molar refractivity (Wildman–Crippen MR) is 70.5 cm³/mol.